The minimum absolute atomic E-state index is 0.0712. The lowest BCUT2D eigenvalue weighted by molar-refractivity contribution is -0.139. The van der Waals surface area contributed by atoms with E-state index < -0.39 is 29.5 Å². The second-order valence-corrected chi connectivity index (χ2v) is 4.47. The van der Waals surface area contributed by atoms with Gasteiger partial charge in [-0.3, -0.25) is 4.79 Å². The van der Waals surface area contributed by atoms with Gasteiger partial charge in [0.25, 0.3) is 0 Å². The molecule has 0 aromatic heterocycles. The van der Waals surface area contributed by atoms with E-state index >= 15 is 0 Å². The normalized spacial score (nSPS) is 13.4. The molecule has 0 bridgehead atoms. The highest BCUT2D eigenvalue weighted by Crippen LogP contribution is 2.40. The fourth-order valence-electron chi connectivity index (χ4n) is 1.33. The molecule has 0 aliphatic heterocycles. The van der Waals surface area contributed by atoms with Crippen molar-refractivity contribution in [1.82, 2.24) is 0 Å². The Bertz CT molecular complexity index is 476. The summed E-state index contributed by atoms with van der Waals surface area (Å²) in [6.07, 6.45) is -4.99. The Labute approximate surface area is 108 Å². The topological polar surface area (TPSA) is 83.5 Å². The molecule has 0 aliphatic carbocycles. The number of aliphatic carboxylic acids is 1. The molecule has 0 saturated heterocycles. The van der Waals surface area contributed by atoms with Crippen molar-refractivity contribution in [3.63, 3.8) is 0 Å². The number of benzene rings is 1. The summed E-state index contributed by atoms with van der Waals surface area (Å²) in [4.78, 5) is 10.5. The third-order valence-corrected chi connectivity index (χ3v) is 2.81. The quantitative estimate of drug-likeness (QED) is 0.794. The molecule has 0 spiro atoms. The van der Waals surface area contributed by atoms with Crippen LogP contribution in [0.2, 0.25) is 0 Å². The van der Waals surface area contributed by atoms with E-state index in [1.54, 1.807) is 0 Å². The summed E-state index contributed by atoms with van der Waals surface area (Å²) in [5.74, 6) is -2.25. The first-order chi connectivity index (χ1) is 8.12. The lowest BCUT2D eigenvalue weighted by Crippen LogP contribution is -2.32. The largest absolute Gasteiger partial charge is 0.506 e. The number of phenols is 1. The molecule has 100 valence electrons. The van der Waals surface area contributed by atoms with E-state index in [-0.39, 0.29) is 16.5 Å². The van der Waals surface area contributed by atoms with E-state index in [4.69, 9.17) is 10.8 Å². The van der Waals surface area contributed by atoms with E-state index in [1.165, 1.54) is 6.07 Å². The molecule has 1 atom stereocenters. The minimum atomic E-state index is -4.73. The first-order valence-electron chi connectivity index (χ1n) is 4.70. The van der Waals surface area contributed by atoms with Crippen molar-refractivity contribution in [2.45, 2.75) is 18.6 Å². The summed E-state index contributed by atoms with van der Waals surface area (Å²) in [6.45, 7) is 0. The molecular formula is C10H9BrF3NO3. The molecule has 1 rings (SSSR count). The second-order valence-electron chi connectivity index (χ2n) is 3.62. The maximum Gasteiger partial charge on any atom is 0.420 e. The number of carbonyl (C=O) groups is 1. The summed E-state index contributed by atoms with van der Waals surface area (Å²) in [5.41, 5.74) is 4.08. The zero-order chi connectivity index (χ0) is 14.1. The van der Waals surface area contributed by atoms with E-state index in [0.717, 1.165) is 0 Å². The van der Waals surface area contributed by atoms with Gasteiger partial charge in [-0.2, -0.15) is 13.2 Å². The van der Waals surface area contributed by atoms with Crippen molar-refractivity contribution in [1.29, 1.82) is 0 Å². The highest BCUT2D eigenvalue weighted by Gasteiger charge is 2.35. The molecule has 1 unspecified atom stereocenters. The molecule has 0 fully saturated rings. The first kappa shape index (κ1) is 14.8. The third-order valence-electron chi connectivity index (χ3n) is 2.20. The predicted molar refractivity (Wildman–Crippen MR) is 60.1 cm³/mol. The molecule has 18 heavy (non-hydrogen) atoms. The van der Waals surface area contributed by atoms with Gasteiger partial charge in [0.1, 0.15) is 11.8 Å². The van der Waals surface area contributed by atoms with E-state index in [0.29, 0.717) is 6.07 Å². The molecule has 1 aromatic carbocycles. The zero-order valence-corrected chi connectivity index (χ0v) is 10.4. The number of carboxylic acid groups (broad SMARTS) is 1. The Morgan fingerprint density at radius 2 is 2.00 bits per heavy atom. The molecule has 1 aromatic rings. The molecule has 0 saturated carbocycles. The van der Waals surface area contributed by atoms with Crippen LogP contribution in [0.5, 0.6) is 5.75 Å². The van der Waals surface area contributed by atoms with Crippen molar-refractivity contribution < 1.29 is 28.2 Å². The SMILES string of the molecule is NC(Cc1cc(Br)c(O)c(C(F)(F)F)c1)C(=O)O. The van der Waals surface area contributed by atoms with E-state index in [2.05, 4.69) is 15.9 Å². The summed E-state index contributed by atoms with van der Waals surface area (Å²) in [6, 6.07) is 0.582. The lowest BCUT2D eigenvalue weighted by Gasteiger charge is -2.13. The van der Waals surface area contributed by atoms with Gasteiger partial charge in [-0.15, -0.1) is 0 Å². The van der Waals surface area contributed by atoms with Crippen molar-refractivity contribution in [2.75, 3.05) is 0 Å². The van der Waals surface area contributed by atoms with Crippen molar-refractivity contribution in [3.8, 4) is 5.75 Å². The van der Waals surface area contributed by atoms with E-state index in [1.807, 2.05) is 0 Å². The van der Waals surface area contributed by atoms with Gasteiger partial charge in [-0.05, 0) is 40.0 Å². The van der Waals surface area contributed by atoms with Crippen molar-refractivity contribution in [3.05, 3.63) is 27.7 Å². The van der Waals surface area contributed by atoms with Crippen LogP contribution in [0.1, 0.15) is 11.1 Å². The zero-order valence-electron chi connectivity index (χ0n) is 8.83. The Balaban J connectivity index is 3.17. The van der Waals surface area contributed by atoms with Crippen LogP contribution in [0.3, 0.4) is 0 Å². The maximum atomic E-state index is 12.6. The Kier molecular flexibility index (Phi) is 4.23. The number of phenolic OH excluding ortho intramolecular Hbond substituents is 1. The fourth-order valence-corrected chi connectivity index (χ4v) is 1.84. The van der Waals surface area contributed by atoms with Gasteiger partial charge in [0.05, 0.1) is 10.0 Å². The number of hydrogen-bond donors (Lipinski definition) is 3. The summed E-state index contributed by atoms with van der Waals surface area (Å²) in [7, 11) is 0. The van der Waals surface area contributed by atoms with Crippen LogP contribution in [0, 0.1) is 0 Å². The van der Waals surface area contributed by atoms with Crippen molar-refractivity contribution in [2.24, 2.45) is 5.73 Å². The number of alkyl halides is 3. The van der Waals surface area contributed by atoms with Crippen LogP contribution in [0.15, 0.2) is 16.6 Å². The highest BCUT2D eigenvalue weighted by atomic mass is 79.9. The minimum Gasteiger partial charge on any atom is -0.506 e. The van der Waals surface area contributed by atoms with Gasteiger partial charge in [-0.25, -0.2) is 0 Å². The standard InChI is InChI=1S/C10H9BrF3NO3/c11-6-2-4(3-7(15)9(17)18)1-5(8(6)16)10(12,13)14/h1-2,7,16H,3,15H2,(H,17,18). The Morgan fingerprint density at radius 3 is 2.44 bits per heavy atom. The van der Waals surface area contributed by atoms with Crippen LogP contribution in [0.25, 0.3) is 0 Å². The molecule has 4 N–H and O–H groups in total. The molecule has 8 heteroatoms. The van der Waals surface area contributed by atoms with Gasteiger partial charge in [0, 0.05) is 0 Å². The van der Waals surface area contributed by atoms with Gasteiger partial charge in [-0.1, -0.05) is 0 Å². The second kappa shape index (κ2) is 5.15. The van der Waals surface area contributed by atoms with E-state index in [9.17, 15) is 23.1 Å². The Hall–Kier alpha value is -1.28. The van der Waals surface area contributed by atoms with Gasteiger partial charge >= 0.3 is 12.1 Å². The van der Waals surface area contributed by atoms with Crippen LogP contribution in [0.4, 0.5) is 13.2 Å². The molecule has 0 heterocycles. The predicted octanol–water partition coefficient (Wildman–Crippen LogP) is 2.13. The number of aromatic hydroxyl groups is 1. The fraction of sp³-hybridized carbons (Fsp3) is 0.300. The summed E-state index contributed by atoms with van der Waals surface area (Å²) < 4.78 is 37.6. The van der Waals surface area contributed by atoms with Gasteiger partial charge in [0.15, 0.2) is 0 Å². The van der Waals surface area contributed by atoms with Gasteiger partial charge < -0.3 is 15.9 Å². The van der Waals surface area contributed by atoms with Crippen LogP contribution < -0.4 is 5.73 Å². The third kappa shape index (κ3) is 3.36. The number of hydrogen-bond acceptors (Lipinski definition) is 3. The van der Waals surface area contributed by atoms with Crippen molar-refractivity contribution >= 4 is 21.9 Å². The van der Waals surface area contributed by atoms with Crippen LogP contribution in [-0.2, 0) is 17.4 Å². The summed E-state index contributed by atoms with van der Waals surface area (Å²) in [5, 5.41) is 17.9. The number of nitrogens with two attached hydrogens (primary N) is 1. The lowest BCUT2D eigenvalue weighted by atomic mass is 10.0. The molecule has 0 aliphatic rings. The highest BCUT2D eigenvalue weighted by molar-refractivity contribution is 9.10. The molecular weight excluding hydrogens is 319 g/mol. The Morgan fingerprint density at radius 1 is 1.44 bits per heavy atom. The summed E-state index contributed by atoms with van der Waals surface area (Å²) >= 11 is 2.78. The average molecular weight is 328 g/mol. The monoisotopic (exact) mass is 327 g/mol. The van der Waals surface area contributed by atoms with Gasteiger partial charge in [0.2, 0.25) is 0 Å². The average Bonchev–Trinajstić information content (AvgIpc) is 2.21. The molecule has 4 nitrogen and oxygen atoms in total. The van der Waals surface area contributed by atoms with Crippen LogP contribution >= 0.6 is 15.9 Å². The van der Waals surface area contributed by atoms with Crippen LogP contribution in [-0.4, -0.2) is 22.2 Å². The molecule has 0 radical (unpaired) electrons. The molecule has 0 amide bonds. The maximum absolute atomic E-state index is 12.6. The number of carboxylic acids is 1. The number of halogens is 4. The smallest absolute Gasteiger partial charge is 0.420 e. The first-order valence-corrected chi connectivity index (χ1v) is 5.49. The number of rotatable bonds is 3.